The lowest BCUT2D eigenvalue weighted by atomic mass is 10.0. The summed E-state index contributed by atoms with van der Waals surface area (Å²) in [6, 6.07) is 0. The third-order valence-electron chi connectivity index (χ3n) is 15.2. The SMILES string of the molecule is CCCCC/C=C\C/C=C\CCCCCCCC(=O)OC(COC(=O)CCCCCCCCCCCC)COC(=O)CCCCCCCCCCCCCCCCCCCCCCCCCCCCCCCCC. The molecule has 74 heavy (non-hydrogen) atoms. The maximum atomic E-state index is 12.8. The number of unbranched alkanes of at least 4 members (excludes halogenated alkanes) is 47. The Bertz CT molecular complexity index is 1190. The molecule has 0 aromatic rings. The van der Waals surface area contributed by atoms with Gasteiger partial charge in [0.2, 0.25) is 0 Å². The highest BCUT2D eigenvalue weighted by molar-refractivity contribution is 5.71. The van der Waals surface area contributed by atoms with Crippen molar-refractivity contribution in [2.24, 2.45) is 0 Å². The summed E-state index contributed by atoms with van der Waals surface area (Å²) >= 11 is 0. The van der Waals surface area contributed by atoms with Crippen LogP contribution >= 0.6 is 0 Å². The zero-order valence-electron chi connectivity index (χ0n) is 50.1. The number of allylic oxidation sites excluding steroid dienone is 4. The minimum Gasteiger partial charge on any atom is -0.462 e. The predicted octanol–water partition coefficient (Wildman–Crippen LogP) is 22.6. The van der Waals surface area contributed by atoms with Gasteiger partial charge in [-0.2, -0.15) is 0 Å². The van der Waals surface area contributed by atoms with Gasteiger partial charge < -0.3 is 14.2 Å². The van der Waals surface area contributed by atoms with Crippen LogP contribution in [0.25, 0.3) is 0 Å². The van der Waals surface area contributed by atoms with Crippen molar-refractivity contribution < 1.29 is 28.6 Å². The van der Waals surface area contributed by atoms with Gasteiger partial charge in [0.25, 0.3) is 0 Å². The van der Waals surface area contributed by atoms with Gasteiger partial charge in [0.1, 0.15) is 13.2 Å². The number of ether oxygens (including phenoxy) is 3. The molecule has 0 saturated carbocycles. The summed E-state index contributed by atoms with van der Waals surface area (Å²) in [5.41, 5.74) is 0. The van der Waals surface area contributed by atoms with E-state index in [1.807, 2.05) is 0 Å². The van der Waals surface area contributed by atoms with Gasteiger partial charge in [0, 0.05) is 19.3 Å². The summed E-state index contributed by atoms with van der Waals surface area (Å²) in [6.45, 7) is 6.65. The van der Waals surface area contributed by atoms with Crippen molar-refractivity contribution in [3.63, 3.8) is 0 Å². The third kappa shape index (κ3) is 60.8. The van der Waals surface area contributed by atoms with E-state index in [1.54, 1.807) is 0 Å². The number of esters is 3. The van der Waals surface area contributed by atoms with E-state index in [4.69, 9.17) is 14.2 Å². The monoisotopic (exact) mass is 1040 g/mol. The summed E-state index contributed by atoms with van der Waals surface area (Å²) < 4.78 is 16.9. The van der Waals surface area contributed by atoms with Crippen LogP contribution in [0.3, 0.4) is 0 Å². The maximum absolute atomic E-state index is 12.8. The molecule has 0 fully saturated rings. The minimum absolute atomic E-state index is 0.0715. The first-order valence-corrected chi connectivity index (χ1v) is 33.3. The molecule has 1 unspecified atom stereocenters. The molecule has 6 heteroatoms. The zero-order valence-corrected chi connectivity index (χ0v) is 50.1. The van der Waals surface area contributed by atoms with Crippen LogP contribution in [0.4, 0.5) is 0 Å². The lowest BCUT2D eigenvalue weighted by Gasteiger charge is -2.18. The van der Waals surface area contributed by atoms with Crippen molar-refractivity contribution in [2.75, 3.05) is 13.2 Å². The molecule has 0 amide bonds. The highest BCUT2D eigenvalue weighted by atomic mass is 16.6. The normalized spacial score (nSPS) is 12.1. The molecule has 6 nitrogen and oxygen atoms in total. The molecule has 0 N–H and O–H groups in total. The molecule has 0 rings (SSSR count). The molecule has 0 aliphatic carbocycles. The summed E-state index contributed by atoms with van der Waals surface area (Å²) in [7, 11) is 0. The number of rotatable bonds is 62. The number of carbonyl (C=O) groups is 3. The quantitative estimate of drug-likeness (QED) is 0.0261. The van der Waals surface area contributed by atoms with Crippen molar-refractivity contribution in [1.82, 2.24) is 0 Å². The Kier molecular flexibility index (Phi) is 61.6. The summed E-state index contributed by atoms with van der Waals surface area (Å²) in [5.74, 6) is -0.863. The van der Waals surface area contributed by atoms with Gasteiger partial charge in [-0.3, -0.25) is 14.4 Å². The summed E-state index contributed by atoms with van der Waals surface area (Å²) in [5, 5.41) is 0. The number of hydrogen-bond donors (Lipinski definition) is 0. The van der Waals surface area contributed by atoms with Gasteiger partial charge in [-0.15, -0.1) is 0 Å². The average molecular weight is 1040 g/mol. The fourth-order valence-corrected chi connectivity index (χ4v) is 10.2. The van der Waals surface area contributed by atoms with Gasteiger partial charge in [-0.05, 0) is 51.4 Å². The molecule has 0 spiro atoms. The van der Waals surface area contributed by atoms with E-state index < -0.39 is 6.10 Å². The first kappa shape index (κ1) is 71.9. The van der Waals surface area contributed by atoms with E-state index in [2.05, 4.69) is 45.1 Å². The molecule has 0 heterocycles. The van der Waals surface area contributed by atoms with Crippen LogP contribution < -0.4 is 0 Å². The highest BCUT2D eigenvalue weighted by Gasteiger charge is 2.19. The van der Waals surface area contributed by atoms with E-state index in [1.165, 1.54) is 257 Å². The number of hydrogen-bond acceptors (Lipinski definition) is 6. The van der Waals surface area contributed by atoms with E-state index in [-0.39, 0.29) is 31.1 Å². The standard InChI is InChI=1S/C68H128O6/c1-4-7-10-13-16-19-22-24-26-27-28-29-30-31-32-33-34-35-36-37-38-39-40-41-43-44-46-49-52-55-58-61-67(70)73-64-65(63-72-66(69)60-57-54-51-48-21-18-15-12-9-6-3)74-68(71)62-59-56-53-50-47-45-42-25-23-20-17-14-11-8-5-2/h17,20,25,42,65H,4-16,18-19,21-24,26-41,43-64H2,1-3H3/b20-17-,42-25-. The second-order valence-electron chi connectivity index (χ2n) is 22.7. The van der Waals surface area contributed by atoms with Gasteiger partial charge in [-0.1, -0.05) is 328 Å². The fourth-order valence-electron chi connectivity index (χ4n) is 10.2. The van der Waals surface area contributed by atoms with Gasteiger partial charge in [0.15, 0.2) is 6.10 Å². The first-order valence-electron chi connectivity index (χ1n) is 33.3. The van der Waals surface area contributed by atoms with Crippen LogP contribution in [0.2, 0.25) is 0 Å². The molecule has 0 aromatic heterocycles. The van der Waals surface area contributed by atoms with Crippen molar-refractivity contribution in [3.8, 4) is 0 Å². The maximum Gasteiger partial charge on any atom is 0.306 e. The fraction of sp³-hybridized carbons (Fsp3) is 0.897. The molecule has 1 atom stereocenters. The molecule has 0 aliphatic rings. The van der Waals surface area contributed by atoms with Crippen LogP contribution in [0.15, 0.2) is 24.3 Å². The van der Waals surface area contributed by atoms with Crippen LogP contribution in [-0.4, -0.2) is 37.2 Å². The Morgan fingerprint density at radius 2 is 0.486 bits per heavy atom. The Morgan fingerprint density at radius 1 is 0.270 bits per heavy atom. The zero-order chi connectivity index (χ0) is 53.6. The van der Waals surface area contributed by atoms with E-state index in [0.29, 0.717) is 19.3 Å². The molecule has 0 saturated heterocycles. The smallest absolute Gasteiger partial charge is 0.306 e. The van der Waals surface area contributed by atoms with Crippen molar-refractivity contribution in [1.29, 1.82) is 0 Å². The second-order valence-corrected chi connectivity index (χ2v) is 22.7. The van der Waals surface area contributed by atoms with Crippen LogP contribution in [-0.2, 0) is 28.6 Å². The summed E-state index contributed by atoms with van der Waals surface area (Å²) in [4.78, 5) is 38.2. The van der Waals surface area contributed by atoms with Crippen molar-refractivity contribution in [2.45, 2.75) is 380 Å². The van der Waals surface area contributed by atoms with Crippen LogP contribution in [0.1, 0.15) is 374 Å². The highest BCUT2D eigenvalue weighted by Crippen LogP contribution is 2.18. The Balaban J connectivity index is 4.04. The van der Waals surface area contributed by atoms with Gasteiger partial charge in [0.05, 0.1) is 0 Å². The molecule has 0 bridgehead atoms. The lowest BCUT2D eigenvalue weighted by molar-refractivity contribution is -0.167. The van der Waals surface area contributed by atoms with Gasteiger partial charge >= 0.3 is 17.9 Å². The largest absolute Gasteiger partial charge is 0.462 e. The van der Waals surface area contributed by atoms with E-state index in [0.717, 1.165) is 77.0 Å². The van der Waals surface area contributed by atoms with Crippen LogP contribution in [0.5, 0.6) is 0 Å². The molecule has 436 valence electrons. The average Bonchev–Trinajstić information content (AvgIpc) is 3.40. The topological polar surface area (TPSA) is 78.9 Å². The first-order chi connectivity index (χ1) is 36.5. The molecule has 0 aliphatic heterocycles. The molecular formula is C68H128O6. The van der Waals surface area contributed by atoms with E-state index in [9.17, 15) is 14.4 Å². The second kappa shape index (κ2) is 63.4. The van der Waals surface area contributed by atoms with Crippen molar-refractivity contribution >= 4 is 17.9 Å². The Morgan fingerprint density at radius 3 is 0.770 bits per heavy atom. The van der Waals surface area contributed by atoms with Gasteiger partial charge in [-0.25, -0.2) is 0 Å². The Hall–Kier alpha value is -2.11. The van der Waals surface area contributed by atoms with E-state index >= 15 is 0 Å². The molecular weight excluding hydrogens is 913 g/mol. The predicted molar refractivity (Wildman–Crippen MR) is 321 cm³/mol. The molecule has 0 aromatic carbocycles. The van der Waals surface area contributed by atoms with Crippen molar-refractivity contribution in [3.05, 3.63) is 24.3 Å². The molecule has 0 radical (unpaired) electrons. The third-order valence-corrected chi connectivity index (χ3v) is 15.2. The summed E-state index contributed by atoms with van der Waals surface area (Å²) in [6.07, 6.45) is 76.5. The number of carbonyl (C=O) groups excluding carboxylic acids is 3. The Labute approximate surface area is 462 Å². The lowest BCUT2D eigenvalue weighted by Crippen LogP contribution is -2.30. The van der Waals surface area contributed by atoms with Crippen LogP contribution in [0, 0.1) is 0 Å². The minimum atomic E-state index is -0.774.